The van der Waals surface area contributed by atoms with Gasteiger partial charge in [-0.25, -0.2) is 9.78 Å². The third-order valence-corrected chi connectivity index (χ3v) is 6.32. The molecule has 1 N–H and O–H groups in total. The molecule has 1 heterocycles. The lowest BCUT2D eigenvalue weighted by Gasteiger charge is -2.31. The van der Waals surface area contributed by atoms with Crippen LogP contribution < -0.4 is 0 Å². The van der Waals surface area contributed by atoms with Crippen molar-refractivity contribution in [3.63, 3.8) is 0 Å². The van der Waals surface area contributed by atoms with Gasteiger partial charge in [-0.15, -0.1) is 11.3 Å². The van der Waals surface area contributed by atoms with E-state index in [0.717, 1.165) is 16.2 Å². The number of aromatic nitrogens is 1. The number of hydrogen-bond acceptors (Lipinski definition) is 4. The Morgan fingerprint density at radius 1 is 1.39 bits per heavy atom. The van der Waals surface area contributed by atoms with Crippen molar-refractivity contribution in [3.8, 4) is 0 Å². The molecule has 1 aliphatic carbocycles. The lowest BCUT2D eigenvalue weighted by molar-refractivity contribution is 0.0701. The van der Waals surface area contributed by atoms with Crippen LogP contribution in [0.25, 0.3) is 0 Å². The van der Waals surface area contributed by atoms with Crippen LogP contribution in [0.15, 0.2) is 4.34 Å². The molecule has 1 aliphatic rings. The average molecular weight is 285 g/mol. The lowest BCUT2D eigenvalue weighted by atomic mass is 9.81. The summed E-state index contributed by atoms with van der Waals surface area (Å²) in [7, 11) is 0. The van der Waals surface area contributed by atoms with Crippen molar-refractivity contribution >= 4 is 29.1 Å². The zero-order valence-electron chi connectivity index (χ0n) is 11.0. The number of carboxylic acids is 1. The normalized spacial score (nSPS) is 28.3. The predicted octanol–water partition coefficient (Wildman–Crippen LogP) is 4.07. The molecule has 18 heavy (non-hydrogen) atoms. The zero-order valence-corrected chi connectivity index (χ0v) is 12.6. The maximum Gasteiger partial charge on any atom is 0.347 e. The van der Waals surface area contributed by atoms with Crippen molar-refractivity contribution in [1.82, 2.24) is 4.98 Å². The van der Waals surface area contributed by atoms with Crippen molar-refractivity contribution in [2.45, 2.75) is 49.6 Å². The highest BCUT2D eigenvalue weighted by atomic mass is 32.2. The first-order chi connectivity index (χ1) is 8.47. The van der Waals surface area contributed by atoms with E-state index >= 15 is 0 Å². The summed E-state index contributed by atoms with van der Waals surface area (Å²) < 4.78 is 0.914. The van der Waals surface area contributed by atoms with E-state index in [1.54, 1.807) is 18.7 Å². The zero-order chi connectivity index (χ0) is 13.3. The molecule has 0 bridgehead atoms. The second-order valence-corrected chi connectivity index (χ2v) is 7.75. The van der Waals surface area contributed by atoms with Gasteiger partial charge in [0.25, 0.3) is 0 Å². The first-order valence-corrected chi connectivity index (χ1v) is 8.04. The Labute approximate surface area is 116 Å². The molecule has 0 aliphatic heterocycles. The third kappa shape index (κ3) is 3.06. The first kappa shape index (κ1) is 13.9. The molecule has 0 aromatic carbocycles. The number of carboxylic acid groups (broad SMARTS) is 1. The highest BCUT2D eigenvalue weighted by Gasteiger charge is 2.26. The van der Waals surface area contributed by atoms with E-state index in [0.29, 0.717) is 15.8 Å². The van der Waals surface area contributed by atoms with Crippen LogP contribution in [0.4, 0.5) is 0 Å². The van der Waals surface area contributed by atoms with E-state index < -0.39 is 5.97 Å². The summed E-state index contributed by atoms with van der Waals surface area (Å²) in [6.45, 7) is 6.41. The average Bonchev–Trinajstić information content (AvgIpc) is 2.65. The largest absolute Gasteiger partial charge is 0.477 e. The molecule has 1 aromatic heterocycles. The molecular formula is C13H19NO2S2. The minimum atomic E-state index is -0.859. The Balaban J connectivity index is 2.02. The summed E-state index contributed by atoms with van der Waals surface area (Å²) in [5.74, 6) is 0.716. The number of carbonyl (C=O) groups is 1. The van der Waals surface area contributed by atoms with E-state index in [-0.39, 0.29) is 0 Å². The molecular weight excluding hydrogens is 266 g/mol. The number of aromatic carboxylic acids is 1. The molecule has 100 valence electrons. The molecule has 0 amide bonds. The van der Waals surface area contributed by atoms with Crippen molar-refractivity contribution in [3.05, 3.63) is 10.6 Å². The molecule has 0 radical (unpaired) electrons. The summed E-state index contributed by atoms with van der Waals surface area (Å²) in [6, 6.07) is 0. The van der Waals surface area contributed by atoms with Crippen LogP contribution in [0.5, 0.6) is 0 Å². The van der Waals surface area contributed by atoms with Gasteiger partial charge in [0, 0.05) is 5.25 Å². The van der Waals surface area contributed by atoms with Crippen LogP contribution >= 0.6 is 23.1 Å². The highest BCUT2D eigenvalue weighted by molar-refractivity contribution is 8.01. The van der Waals surface area contributed by atoms with Crippen LogP contribution in [-0.2, 0) is 0 Å². The number of thiazole rings is 1. The number of hydrogen-bond donors (Lipinski definition) is 1. The number of thioether (sulfide) groups is 1. The second-order valence-electron chi connectivity index (χ2n) is 5.21. The SMILES string of the molecule is Cc1nc(SC2CCC(C)C(C)C2)sc1C(=O)O. The van der Waals surface area contributed by atoms with Crippen molar-refractivity contribution in [2.24, 2.45) is 11.8 Å². The summed E-state index contributed by atoms with van der Waals surface area (Å²) in [6.07, 6.45) is 3.71. The molecule has 3 atom stereocenters. The van der Waals surface area contributed by atoms with E-state index in [9.17, 15) is 4.79 Å². The Kier molecular flexibility index (Phi) is 4.33. The molecule has 5 heteroatoms. The fourth-order valence-electron chi connectivity index (χ4n) is 2.37. The molecule has 1 fully saturated rings. The maximum absolute atomic E-state index is 11.0. The van der Waals surface area contributed by atoms with Gasteiger partial charge in [-0.2, -0.15) is 0 Å². The second kappa shape index (κ2) is 5.61. The minimum Gasteiger partial charge on any atom is -0.477 e. The van der Waals surface area contributed by atoms with Crippen molar-refractivity contribution in [2.75, 3.05) is 0 Å². The van der Waals surface area contributed by atoms with Gasteiger partial charge in [-0.1, -0.05) is 25.6 Å². The van der Waals surface area contributed by atoms with Crippen molar-refractivity contribution < 1.29 is 9.90 Å². The summed E-state index contributed by atoms with van der Waals surface area (Å²) in [5.41, 5.74) is 0.646. The topological polar surface area (TPSA) is 50.2 Å². The van der Waals surface area contributed by atoms with Crippen LogP contribution in [0, 0.1) is 18.8 Å². The number of aryl methyl sites for hydroxylation is 1. The maximum atomic E-state index is 11.0. The fourth-order valence-corrected chi connectivity index (χ4v) is 4.99. The minimum absolute atomic E-state index is 0.384. The molecule has 2 rings (SSSR count). The Bertz CT molecular complexity index is 444. The molecule has 3 unspecified atom stereocenters. The van der Waals surface area contributed by atoms with Crippen molar-refractivity contribution in [1.29, 1.82) is 0 Å². The Hall–Kier alpha value is -0.550. The van der Waals surface area contributed by atoms with Gasteiger partial charge in [0.2, 0.25) is 0 Å². The van der Waals surface area contributed by atoms with Crippen LogP contribution in [-0.4, -0.2) is 21.3 Å². The van der Waals surface area contributed by atoms with E-state index in [4.69, 9.17) is 5.11 Å². The molecule has 3 nitrogen and oxygen atoms in total. The van der Waals surface area contributed by atoms with E-state index in [1.807, 2.05) is 0 Å². The van der Waals surface area contributed by atoms with Gasteiger partial charge < -0.3 is 5.11 Å². The first-order valence-electron chi connectivity index (χ1n) is 6.34. The molecule has 1 saturated carbocycles. The van der Waals surface area contributed by atoms with Gasteiger partial charge >= 0.3 is 5.97 Å². The van der Waals surface area contributed by atoms with Gasteiger partial charge in [0.05, 0.1) is 5.69 Å². The predicted molar refractivity (Wildman–Crippen MR) is 75.6 cm³/mol. The summed E-state index contributed by atoms with van der Waals surface area (Å²) >= 11 is 3.08. The summed E-state index contributed by atoms with van der Waals surface area (Å²) in [5, 5.41) is 9.62. The Morgan fingerprint density at radius 3 is 2.67 bits per heavy atom. The Morgan fingerprint density at radius 2 is 2.11 bits per heavy atom. The van der Waals surface area contributed by atoms with Gasteiger partial charge in [-0.3, -0.25) is 0 Å². The van der Waals surface area contributed by atoms with Gasteiger partial charge in [-0.05, 0) is 38.0 Å². The monoisotopic (exact) mass is 285 g/mol. The third-order valence-electron chi connectivity index (χ3n) is 3.79. The van der Waals surface area contributed by atoms with Crippen LogP contribution in [0.3, 0.4) is 0 Å². The lowest BCUT2D eigenvalue weighted by Crippen LogP contribution is -2.22. The van der Waals surface area contributed by atoms with Gasteiger partial charge in [0.15, 0.2) is 4.34 Å². The number of nitrogens with zero attached hydrogens (tertiary/aromatic N) is 1. The van der Waals surface area contributed by atoms with E-state index in [1.165, 1.54) is 30.6 Å². The standard InChI is InChI=1S/C13H19NO2S2/c1-7-4-5-10(6-8(7)2)17-13-14-9(3)11(18-13)12(15)16/h7-8,10H,4-6H2,1-3H3,(H,15,16). The molecule has 0 spiro atoms. The fraction of sp³-hybridized carbons (Fsp3) is 0.692. The van der Waals surface area contributed by atoms with Gasteiger partial charge in [0.1, 0.15) is 4.88 Å². The molecule has 0 saturated heterocycles. The number of rotatable bonds is 3. The smallest absolute Gasteiger partial charge is 0.347 e. The van der Waals surface area contributed by atoms with Crippen LogP contribution in [0.2, 0.25) is 0 Å². The molecule has 1 aromatic rings. The van der Waals surface area contributed by atoms with Crippen LogP contribution in [0.1, 0.15) is 48.5 Å². The van der Waals surface area contributed by atoms with E-state index in [2.05, 4.69) is 18.8 Å². The quantitative estimate of drug-likeness (QED) is 0.909. The summed E-state index contributed by atoms with van der Waals surface area (Å²) in [4.78, 5) is 15.7. The highest BCUT2D eigenvalue weighted by Crippen LogP contribution is 2.40.